The van der Waals surface area contributed by atoms with E-state index in [0.717, 1.165) is 0 Å². The summed E-state index contributed by atoms with van der Waals surface area (Å²) in [6.07, 6.45) is 0.0656. The van der Waals surface area contributed by atoms with Gasteiger partial charge in [-0.15, -0.1) is 0 Å². The summed E-state index contributed by atoms with van der Waals surface area (Å²) in [6.45, 7) is -0.637. The van der Waals surface area contributed by atoms with Crippen molar-refractivity contribution in [3.8, 4) is 0 Å². The Bertz CT molecular complexity index is 671. The van der Waals surface area contributed by atoms with Crippen molar-refractivity contribution in [1.29, 1.82) is 0 Å². The van der Waals surface area contributed by atoms with Crippen LogP contribution in [0, 0.1) is 0 Å². The fourth-order valence-electron chi connectivity index (χ4n) is 3.54. The average molecular weight is 355 g/mol. The molecule has 3 heterocycles. The molecule has 0 spiro atoms. The summed E-state index contributed by atoms with van der Waals surface area (Å²) in [5.74, 6) is -2.27. The van der Waals surface area contributed by atoms with Gasteiger partial charge in [-0.2, -0.15) is 0 Å². The van der Waals surface area contributed by atoms with Crippen molar-refractivity contribution < 1.29 is 39.5 Å². The Labute approximate surface area is 143 Å². The molecule has 25 heavy (non-hydrogen) atoms. The number of rotatable bonds is 8. The van der Waals surface area contributed by atoms with Crippen LogP contribution in [-0.4, -0.2) is 68.5 Å². The molecule has 138 valence electrons. The standard InChI is InChI=1S/C16H21NO8/c18-6-11-9-4-16(8-20)24-14(15(25-16)12(21)7-19)10(9)5-17(11)3-1-2-13(22)23/h5-6,12,14-15,19-21H,1-4,7-8H2,(H,22,23)/t12-,14-,15+,16+/m1/s1. The van der Waals surface area contributed by atoms with E-state index in [2.05, 4.69) is 0 Å². The molecule has 2 bridgehead atoms. The van der Waals surface area contributed by atoms with E-state index >= 15 is 0 Å². The van der Waals surface area contributed by atoms with Gasteiger partial charge in [0.05, 0.1) is 18.9 Å². The van der Waals surface area contributed by atoms with E-state index in [0.29, 0.717) is 36.1 Å². The lowest BCUT2D eigenvalue weighted by atomic mass is 9.94. The van der Waals surface area contributed by atoms with Crippen molar-refractivity contribution in [2.75, 3.05) is 13.2 Å². The molecule has 1 saturated heterocycles. The Hall–Kier alpha value is -1.78. The molecule has 9 heteroatoms. The van der Waals surface area contributed by atoms with Crippen LogP contribution < -0.4 is 0 Å². The number of ether oxygens (including phenoxy) is 2. The van der Waals surface area contributed by atoms with Crippen molar-refractivity contribution in [3.05, 3.63) is 23.0 Å². The zero-order valence-corrected chi connectivity index (χ0v) is 13.5. The molecular formula is C16H21NO8. The first-order chi connectivity index (χ1) is 11.9. The number of aryl methyl sites for hydroxylation is 1. The van der Waals surface area contributed by atoms with Crippen LogP contribution in [0.1, 0.15) is 40.6 Å². The Balaban J connectivity index is 1.94. The normalized spacial score (nSPS) is 28.6. The third-order valence-electron chi connectivity index (χ3n) is 4.71. The smallest absolute Gasteiger partial charge is 0.303 e. The number of aromatic nitrogens is 1. The molecule has 0 aliphatic carbocycles. The van der Waals surface area contributed by atoms with Crippen LogP contribution >= 0.6 is 0 Å². The van der Waals surface area contributed by atoms with Gasteiger partial charge in [-0.05, 0) is 12.0 Å². The molecule has 1 aromatic rings. The second-order valence-electron chi connectivity index (χ2n) is 6.37. The van der Waals surface area contributed by atoms with Crippen molar-refractivity contribution in [3.63, 3.8) is 0 Å². The summed E-state index contributed by atoms with van der Waals surface area (Å²) in [5.41, 5.74) is 1.69. The van der Waals surface area contributed by atoms with Gasteiger partial charge < -0.3 is 34.5 Å². The van der Waals surface area contributed by atoms with Gasteiger partial charge in [0.25, 0.3) is 0 Å². The van der Waals surface area contributed by atoms with Crippen LogP contribution in [0.25, 0.3) is 0 Å². The minimum Gasteiger partial charge on any atom is -0.481 e. The molecule has 2 aliphatic rings. The zero-order chi connectivity index (χ0) is 18.2. The maximum Gasteiger partial charge on any atom is 0.303 e. The predicted molar refractivity (Wildman–Crippen MR) is 82.0 cm³/mol. The van der Waals surface area contributed by atoms with Gasteiger partial charge in [-0.3, -0.25) is 9.59 Å². The van der Waals surface area contributed by atoms with E-state index in [4.69, 9.17) is 14.6 Å². The number of aliphatic carboxylic acids is 1. The molecule has 0 radical (unpaired) electrons. The largest absolute Gasteiger partial charge is 0.481 e. The number of hydrogen-bond donors (Lipinski definition) is 4. The fraction of sp³-hybridized carbons (Fsp3) is 0.625. The molecule has 4 N–H and O–H groups in total. The summed E-state index contributed by atoms with van der Waals surface area (Å²) < 4.78 is 13.1. The third-order valence-corrected chi connectivity index (χ3v) is 4.71. The van der Waals surface area contributed by atoms with Crippen LogP contribution in [0.4, 0.5) is 0 Å². The van der Waals surface area contributed by atoms with Gasteiger partial charge in [0.1, 0.15) is 18.3 Å². The summed E-state index contributed by atoms with van der Waals surface area (Å²) in [5, 5.41) is 37.7. The number of aldehydes is 1. The molecule has 0 amide bonds. The quantitative estimate of drug-likeness (QED) is 0.446. The Kier molecular flexibility index (Phi) is 4.94. The van der Waals surface area contributed by atoms with Crippen molar-refractivity contribution in [2.45, 2.75) is 49.9 Å². The molecule has 3 rings (SSSR count). The first-order valence-electron chi connectivity index (χ1n) is 8.09. The van der Waals surface area contributed by atoms with Gasteiger partial charge in [-0.25, -0.2) is 0 Å². The molecule has 4 atom stereocenters. The van der Waals surface area contributed by atoms with Gasteiger partial charge in [0, 0.05) is 31.1 Å². The number of carbonyl (C=O) groups is 2. The van der Waals surface area contributed by atoms with Crippen LogP contribution in [0.15, 0.2) is 6.20 Å². The first kappa shape index (κ1) is 18.0. The molecule has 0 aromatic carbocycles. The second kappa shape index (κ2) is 6.85. The number of aliphatic hydroxyl groups is 3. The number of carbonyl (C=O) groups excluding carboxylic acids is 1. The molecule has 9 nitrogen and oxygen atoms in total. The van der Waals surface area contributed by atoms with Crippen molar-refractivity contribution >= 4 is 12.3 Å². The van der Waals surface area contributed by atoms with Gasteiger partial charge in [-0.1, -0.05) is 0 Å². The molecule has 0 saturated carbocycles. The lowest BCUT2D eigenvalue weighted by Crippen LogP contribution is -2.40. The summed E-state index contributed by atoms with van der Waals surface area (Å²) in [7, 11) is 0. The Morgan fingerprint density at radius 3 is 2.80 bits per heavy atom. The fourth-order valence-corrected chi connectivity index (χ4v) is 3.54. The van der Waals surface area contributed by atoms with Crippen LogP contribution in [0.3, 0.4) is 0 Å². The number of carboxylic acids is 1. The zero-order valence-electron chi connectivity index (χ0n) is 13.5. The van der Waals surface area contributed by atoms with Crippen LogP contribution in [0.2, 0.25) is 0 Å². The van der Waals surface area contributed by atoms with E-state index in [1.807, 2.05) is 0 Å². The number of nitrogens with zero attached hydrogens (tertiary/aromatic N) is 1. The lowest BCUT2D eigenvalue weighted by Gasteiger charge is -2.29. The topological polar surface area (TPSA) is 138 Å². The molecule has 1 aromatic heterocycles. The van der Waals surface area contributed by atoms with Crippen LogP contribution in [-0.2, 0) is 27.2 Å². The highest BCUT2D eigenvalue weighted by atomic mass is 16.8. The van der Waals surface area contributed by atoms with Gasteiger partial charge in [0.15, 0.2) is 12.1 Å². The highest BCUT2D eigenvalue weighted by molar-refractivity contribution is 5.76. The number of hydrogen-bond acceptors (Lipinski definition) is 7. The number of fused-ring (bicyclic) bond motifs is 4. The minimum atomic E-state index is -1.36. The summed E-state index contributed by atoms with van der Waals surface area (Å²) >= 11 is 0. The molecule has 0 unspecified atom stereocenters. The molecular weight excluding hydrogens is 334 g/mol. The average Bonchev–Trinajstić information content (AvgIpc) is 3.11. The van der Waals surface area contributed by atoms with Crippen LogP contribution in [0.5, 0.6) is 0 Å². The first-order valence-corrected chi connectivity index (χ1v) is 8.09. The maximum absolute atomic E-state index is 11.6. The van der Waals surface area contributed by atoms with Gasteiger partial charge >= 0.3 is 5.97 Å². The maximum atomic E-state index is 11.6. The summed E-state index contributed by atoms with van der Waals surface area (Å²) in [4.78, 5) is 22.3. The SMILES string of the molecule is O=Cc1c2c(cn1CCCC(=O)O)[C@H]1O[C@@](CO)(C2)O[C@H]1[C@H](O)CO. The predicted octanol–water partition coefficient (Wildman–Crippen LogP) is -0.780. The highest BCUT2D eigenvalue weighted by Crippen LogP contribution is 2.48. The third kappa shape index (κ3) is 3.09. The summed E-state index contributed by atoms with van der Waals surface area (Å²) in [6, 6.07) is 0. The minimum absolute atomic E-state index is 0.0172. The number of aliphatic hydroxyl groups excluding tert-OH is 3. The van der Waals surface area contributed by atoms with E-state index in [9.17, 15) is 24.9 Å². The monoisotopic (exact) mass is 355 g/mol. The van der Waals surface area contributed by atoms with Crippen molar-refractivity contribution in [2.24, 2.45) is 0 Å². The van der Waals surface area contributed by atoms with E-state index in [1.54, 1.807) is 10.8 Å². The molecule has 2 aliphatic heterocycles. The lowest BCUT2D eigenvalue weighted by molar-refractivity contribution is -0.208. The second-order valence-corrected chi connectivity index (χ2v) is 6.37. The van der Waals surface area contributed by atoms with E-state index < -0.39 is 43.3 Å². The molecule has 1 fully saturated rings. The van der Waals surface area contributed by atoms with Gasteiger partial charge in [0.2, 0.25) is 0 Å². The highest BCUT2D eigenvalue weighted by Gasteiger charge is 2.55. The Morgan fingerprint density at radius 1 is 1.44 bits per heavy atom. The van der Waals surface area contributed by atoms with Crippen molar-refractivity contribution in [1.82, 2.24) is 4.57 Å². The van der Waals surface area contributed by atoms with E-state index in [1.165, 1.54) is 0 Å². The van der Waals surface area contributed by atoms with E-state index in [-0.39, 0.29) is 12.8 Å². The number of carboxylic acid groups (broad SMARTS) is 1. The Morgan fingerprint density at radius 2 is 2.20 bits per heavy atom.